The Balaban J connectivity index is 2.41. The number of halogens is 3. The lowest BCUT2D eigenvalue weighted by Gasteiger charge is -2.33. The molecule has 0 N–H and O–H groups in total. The molecule has 2 aromatic carbocycles. The van der Waals surface area contributed by atoms with E-state index in [0.29, 0.717) is 0 Å². The van der Waals surface area contributed by atoms with E-state index in [1.165, 1.54) is 48.5 Å². The van der Waals surface area contributed by atoms with Gasteiger partial charge in [-0.3, -0.25) is 0 Å². The number of ether oxygens (including phenoxy) is 2. The fourth-order valence-corrected chi connectivity index (χ4v) is 2.52. The lowest BCUT2D eigenvalue weighted by Crippen LogP contribution is -2.40. The third kappa shape index (κ3) is 4.31. The number of carbonyl (C=O) groups is 2. The van der Waals surface area contributed by atoms with Gasteiger partial charge < -0.3 is 9.47 Å². The molecule has 0 aliphatic rings. The Morgan fingerprint density at radius 3 is 1.36 bits per heavy atom. The molecule has 0 radical (unpaired) electrons. The molecule has 0 aliphatic heterocycles. The molecule has 0 bridgehead atoms. The van der Waals surface area contributed by atoms with E-state index >= 15 is 0 Å². The van der Waals surface area contributed by atoms with E-state index < -0.39 is 23.5 Å². The van der Waals surface area contributed by atoms with Crippen molar-refractivity contribution in [2.45, 2.75) is 18.5 Å². The van der Waals surface area contributed by atoms with Crippen LogP contribution in [0.25, 0.3) is 0 Å². The molecule has 2 aromatic rings. The minimum atomic E-state index is -4.62. The fourth-order valence-electron chi connectivity index (χ4n) is 2.52. The lowest BCUT2D eigenvalue weighted by molar-refractivity contribution is -0.173. The van der Waals surface area contributed by atoms with Crippen molar-refractivity contribution in [2.24, 2.45) is 0 Å². The van der Waals surface area contributed by atoms with Crippen LogP contribution < -0.4 is 9.47 Å². The summed E-state index contributed by atoms with van der Waals surface area (Å²) in [5.74, 6) is -1.22. The smallest absolute Gasteiger partial charge is 0.402 e. The van der Waals surface area contributed by atoms with Crippen molar-refractivity contribution in [1.82, 2.24) is 0 Å². The van der Waals surface area contributed by atoms with Gasteiger partial charge in [0, 0.05) is 12.2 Å². The molecule has 2 rings (SSSR count). The van der Waals surface area contributed by atoms with Gasteiger partial charge in [-0.1, -0.05) is 37.4 Å². The van der Waals surface area contributed by atoms with Crippen LogP contribution in [0.15, 0.2) is 73.8 Å². The zero-order chi connectivity index (χ0) is 20.9. The van der Waals surface area contributed by atoms with Gasteiger partial charge in [-0.25, -0.2) is 9.59 Å². The molecule has 0 saturated heterocycles. The predicted octanol–water partition coefficient (Wildman–Crippen LogP) is 4.74. The van der Waals surface area contributed by atoms with Crippen molar-refractivity contribution in [3.05, 3.63) is 85.0 Å². The van der Waals surface area contributed by atoms with Crippen molar-refractivity contribution in [3.63, 3.8) is 0 Å². The summed E-state index contributed by atoms with van der Waals surface area (Å²) in [4.78, 5) is 22.4. The molecule has 0 unspecified atom stereocenters. The Hall–Kier alpha value is -3.35. The summed E-state index contributed by atoms with van der Waals surface area (Å²) in [6.45, 7) is 7.56. The second-order valence-electron chi connectivity index (χ2n) is 5.92. The largest absolute Gasteiger partial charge is 0.423 e. The van der Waals surface area contributed by atoms with E-state index in [1.54, 1.807) is 0 Å². The van der Waals surface area contributed by atoms with E-state index in [4.69, 9.17) is 9.47 Å². The lowest BCUT2D eigenvalue weighted by atomic mass is 9.75. The van der Waals surface area contributed by atoms with Crippen molar-refractivity contribution in [1.29, 1.82) is 0 Å². The van der Waals surface area contributed by atoms with Crippen LogP contribution in [0.3, 0.4) is 0 Å². The van der Waals surface area contributed by atoms with E-state index in [1.807, 2.05) is 0 Å². The second kappa shape index (κ2) is 8.12. The Labute approximate surface area is 159 Å². The monoisotopic (exact) mass is 390 g/mol. The van der Waals surface area contributed by atoms with E-state index in [0.717, 1.165) is 19.1 Å². The van der Waals surface area contributed by atoms with Gasteiger partial charge in [0.15, 0.2) is 0 Å². The minimum Gasteiger partial charge on any atom is -0.423 e. The highest BCUT2D eigenvalue weighted by atomic mass is 19.4. The SMILES string of the molecule is C=CC(=O)Oc1ccc(C(C)(c2ccc(OC(=O)C=C)cc2)C(F)(F)F)cc1. The van der Waals surface area contributed by atoms with Crippen LogP contribution in [0.1, 0.15) is 18.1 Å². The molecule has 146 valence electrons. The highest BCUT2D eigenvalue weighted by molar-refractivity contribution is 5.83. The highest BCUT2D eigenvalue weighted by Crippen LogP contribution is 2.46. The van der Waals surface area contributed by atoms with Gasteiger partial charge in [-0.15, -0.1) is 0 Å². The first-order valence-corrected chi connectivity index (χ1v) is 8.08. The summed E-state index contributed by atoms with van der Waals surface area (Å²) >= 11 is 0. The van der Waals surface area contributed by atoms with Crippen LogP contribution in [0.4, 0.5) is 13.2 Å². The van der Waals surface area contributed by atoms with Crippen LogP contribution >= 0.6 is 0 Å². The van der Waals surface area contributed by atoms with E-state index in [2.05, 4.69) is 13.2 Å². The first kappa shape index (κ1) is 21.0. The Morgan fingerprint density at radius 1 is 0.786 bits per heavy atom. The molecule has 0 saturated carbocycles. The summed E-state index contributed by atoms with van der Waals surface area (Å²) in [6, 6.07) is 10.1. The summed E-state index contributed by atoms with van der Waals surface area (Å²) in [5.41, 5.74) is -2.43. The molecule has 0 amide bonds. The number of carbonyl (C=O) groups excluding carboxylic acids is 2. The maximum absolute atomic E-state index is 14.0. The number of esters is 2. The molecular formula is C21H17F3O4. The fraction of sp³-hybridized carbons (Fsp3) is 0.143. The van der Waals surface area contributed by atoms with Gasteiger partial charge in [0.05, 0.1) is 0 Å². The van der Waals surface area contributed by atoms with Gasteiger partial charge in [-0.05, 0) is 42.3 Å². The summed E-state index contributed by atoms with van der Waals surface area (Å²) in [7, 11) is 0. The molecule has 0 spiro atoms. The Kier molecular flexibility index (Phi) is 6.08. The standard InChI is InChI=1S/C21H17F3O4/c1-4-18(25)27-16-10-6-14(7-11-16)20(3,21(22,23)24)15-8-12-17(13-9-15)28-19(26)5-2/h4-13H,1-2H2,3H3. The minimum absolute atomic E-state index is 0.0470. The van der Waals surface area contributed by atoms with Gasteiger partial charge in [-0.2, -0.15) is 13.2 Å². The molecular weight excluding hydrogens is 373 g/mol. The van der Waals surface area contributed by atoms with E-state index in [-0.39, 0.29) is 22.6 Å². The van der Waals surface area contributed by atoms with Gasteiger partial charge in [0.2, 0.25) is 0 Å². The number of alkyl halides is 3. The van der Waals surface area contributed by atoms with Crippen molar-refractivity contribution in [3.8, 4) is 11.5 Å². The second-order valence-corrected chi connectivity index (χ2v) is 5.92. The predicted molar refractivity (Wildman–Crippen MR) is 97.1 cm³/mol. The average Bonchev–Trinajstić information content (AvgIpc) is 2.67. The van der Waals surface area contributed by atoms with Crippen LogP contribution in [-0.2, 0) is 15.0 Å². The van der Waals surface area contributed by atoms with Crippen LogP contribution in [0.5, 0.6) is 11.5 Å². The van der Waals surface area contributed by atoms with E-state index in [9.17, 15) is 22.8 Å². The summed E-state index contributed by atoms with van der Waals surface area (Å²) in [6.07, 6.45) is -2.71. The number of hydrogen-bond acceptors (Lipinski definition) is 4. The van der Waals surface area contributed by atoms with Crippen molar-refractivity contribution >= 4 is 11.9 Å². The van der Waals surface area contributed by atoms with Crippen molar-refractivity contribution in [2.75, 3.05) is 0 Å². The van der Waals surface area contributed by atoms with Crippen LogP contribution in [0.2, 0.25) is 0 Å². The molecule has 0 heterocycles. The number of hydrogen-bond donors (Lipinski definition) is 0. The third-order valence-electron chi connectivity index (χ3n) is 4.20. The zero-order valence-corrected chi connectivity index (χ0v) is 15.0. The first-order valence-electron chi connectivity index (χ1n) is 8.08. The van der Waals surface area contributed by atoms with Gasteiger partial charge in [0.25, 0.3) is 0 Å². The molecule has 4 nitrogen and oxygen atoms in total. The molecule has 0 fully saturated rings. The molecule has 0 aliphatic carbocycles. The number of benzene rings is 2. The summed E-state index contributed by atoms with van der Waals surface area (Å²) in [5, 5.41) is 0. The molecule has 28 heavy (non-hydrogen) atoms. The zero-order valence-electron chi connectivity index (χ0n) is 15.0. The molecule has 0 aromatic heterocycles. The Bertz CT molecular complexity index is 816. The normalized spacial score (nSPS) is 11.4. The molecule has 7 heteroatoms. The average molecular weight is 390 g/mol. The highest BCUT2D eigenvalue weighted by Gasteiger charge is 2.53. The maximum Gasteiger partial charge on any atom is 0.402 e. The topological polar surface area (TPSA) is 52.6 Å². The van der Waals surface area contributed by atoms with Gasteiger partial charge in [0.1, 0.15) is 16.9 Å². The summed E-state index contributed by atoms with van der Waals surface area (Å²) < 4.78 is 51.8. The van der Waals surface area contributed by atoms with Gasteiger partial charge >= 0.3 is 18.1 Å². The maximum atomic E-state index is 14.0. The molecule has 0 atom stereocenters. The van der Waals surface area contributed by atoms with Crippen molar-refractivity contribution < 1.29 is 32.2 Å². The van der Waals surface area contributed by atoms with Crippen LogP contribution in [0, 0.1) is 0 Å². The third-order valence-corrected chi connectivity index (χ3v) is 4.20. The van der Waals surface area contributed by atoms with Crippen LogP contribution in [-0.4, -0.2) is 18.1 Å². The quantitative estimate of drug-likeness (QED) is 0.406. The number of rotatable bonds is 6. The first-order chi connectivity index (χ1) is 13.1. The Morgan fingerprint density at radius 2 is 1.11 bits per heavy atom.